The summed E-state index contributed by atoms with van der Waals surface area (Å²) < 4.78 is 42.9. The van der Waals surface area contributed by atoms with E-state index in [1.165, 1.54) is 7.05 Å². The van der Waals surface area contributed by atoms with E-state index < -0.39 is 17.3 Å². The summed E-state index contributed by atoms with van der Waals surface area (Å²) in [5, 5.41) is 0. The number of hydrogen-bond acceptors (Lipinski definition) is 6. The van der Waals surface area contributed by atoms with Crippen LogP contribution < -0.4 is 16.1 Å². The summed E-state index contributed by atoms with van der Waals surface area (Å²) in [7, 11) is 1.48. The molecule has 3 rings (SSSR count). The van der Waals surface area contributed by atoms with Crippen molar-refractivity contribution in [1.82, 2.24) is 24.0 Å². The van der Waals surface area contributed by atoms with Crippen LogP contribution in [-0.4, -0.2) is 56.7 Å². The highest BCUT2D eigenvalue weighted by Crippen LogP contribution is 2.32. The number of halogens is 3. The average molecular weight is 483 g/mol. The molecule has 1 aliphatic heterocycles. The maximum absolute atomic E-state index is 13.4. The minimum Gasteiger partial charge on any atom is -0.354 e. The summed E-state index contributed by atoms with van der Waals surface area (Å²) in [4.78, 5) is 36.4. The molecule has 1 fully saturated rings. The molecule has 1 aliphatic rings. The smallest absolute Gasteiger partial charge is 0.354 e. The van der Waals surface area contributed by atoms with Crippen molar-refractivity contribution in [2.24, 2.45) is 7.05 Å². The summed E-state index contributed by atoms with van der Waals surface area (Å²) in [6.07, 6.45) is -1.26. The van der Waals surface area contributed by atoms with Crippen molar-refractivity contribution in [1.29, 1.82) is 0 Å². The van der Waals surface area contributed by atoms with E-state index in [9.17, 15) is 22.8 Å². The van der Waals surface area contributed by atoms with Gasteiger partial charge < -0.3 is 9.47 Å². The van der Waals surface area contributed by atoms with Gasteiger partial charge >= 0.3 is 11.9 Å². The Labute approximate surface area is 197 Å². The Balaban J connectivity index is 1.56. The molecule has 2 aromatic rings. The van der Waals surface area contributed by atoms with Gasteiger partial charge in [-0.2, -0.15) is 13.2 Å². The molecule has 2 aromatic heterocycles. The number of hydrogen-bond donors (Lipinski definition) is 0. The third-order valence-corrected chi connectivity index (χ3v) is 6.02. The van der Waals surface area contributed by atoms with E-state index >= 15 is 0 Å². The number of piperazine rings is 1. The fraction of sp³-hybridized carbons (Fsp3) is 0.652. The highest BCUT2D eigenvalue weighted by molar-refractivity contribution is 5.42. The van der Waals surface area contributed by atoms with Crippen LogP contribution in [-0.2, 0) is 25.2 Å². The van der Waals surface area contributed by atoms with Crippen LogP contribution in [0.4, 0.5) is 19.0 Å². The van der Waals surface area contributed by atoms with E-state index in [0.717, 1.165) is 43.1 Å². The molecular weight excluding hydrogens is 449 g/mol. The lowest BCUT2D eigenvalue weighted by molar-refractivity contribution is -0.141. The first-order valence-corrected chi connectivity index (χ1v) is 11.5. The fourth-order valence-electron chi connectivity index (χ4n) is 3.94. The monoisotopic (exact) mass is 482 g/mol. The molecule has 3 heterocycles. The maximum Gasteiger partial charge on any atom is 0.433 e. The largest absolute Gasteiger partial charge is 0.433 e. The Hall–Kier alpha value is -2.69. The van der Waals surface area contributed by atoms with Gasteiger partial charge in [-0.3, -0.25) is 14.3 Å². The number of nitrogens with zero attached hydrogens (tertiary/aromatic N) is 6. The number of anilines is 1. The summed E-state index contributed by atoms with van der Waals surface area (Å²) in [5.41, 5.74) is -1.56. The quantitative estimate of drug-likeness (QED) is 0.589. The molecule has 34 heavy (non-hydrogen) atoms. The van der Waals surface area contributed by atoms with Gasteiger partial charge in [0.2, 0.25) is 0 Å². The highest BCUT2D eigenvalue weighted by atomic mass is 19.4. The van der Waals surface area contributed by atoms with Crippen LogP contribution >= 0.6 is 0 Å². The molecular formula is C23H33F3N6O2. The summed E-state index contributed by atoms with van der Waals surface area (Å²) in [6, 6.07) is 1.04. The lowest BCUT2D eigenvalue weighted by Crippen LogP contribution is -2.47. The van der Waals surface area contributed by atoms with Crippen LogP contribution in [0.3, 0.4) is 0 Å². The van der Waals surface area contributed by atoms with E-state index in [0.29, 0.717) is 31.0 Å². The zero-order valence-electron chi connectivity index (χ0n) is 20.4. The van der Waals surface area contributed by atoms with Crippen molar-refractivity contribution in [3.63, 3.8) is 0 Å². The topological polar surface area (TPSA) is 76.3 Å². The highest BCUT2D eigenvalue weighted by Gasteiger charge is 2.35. The van der Waals surface area contributed by atoms with Crippen LogP contribution in [0.15, 0.2) is 21.9 Å². The second kappa shape index (κ2) is 9.89. The Kier molecular flexibility index (Phi) is 7.54. The molecule has 0 aromatic carbocycles. The Morgan fingerprint density at radius 3 is 2.18 bits per heavy atom. The normalized spacial score (nSPS) is 15.7. The van der Waals surface area contributed by atoms with Crippen LogP contribution in [0.1, 0.15) is 50.7 Å². The molecule has 0 radical (unpaired) electrons. The molecule has 0 unspecified atom stereocenters. The zero-order valence-corrected chi connectivity index (χ0v) is 20.4. The standard InChI is InChI=1S/C23H33F3N6O2/c1-16-15-32(21(34)29(5)19(16)33)9-7-6-8-30-10-12-31(13-11-30)18-14-17(23(24,25)26)27-20(28-18)22(2,3)4/h14-15H,6-13H2,1-5H3. The van der Waals surface area contributed by atoms with Crippen molar-refractivity contribution < 1.29 is 13.2 Å². The number of aryl methyl sites for hydroxylation is 2. The minimum atomic E-state index is -4.52. The number of alkyl halides is 3. The van der Waals surface area contributed by atoms with Crippen molar-refractivity contribution in [2.75, 3.05) is 37.6 Å². The van der Waals surface area contributed by atoms with Crippen LogP contribution in [0, 0.1) is 6.92 Å². The third kappa shape index (κ3) is 6.05. The molecule has 8 nitrogen and oxygen atoms in total. The maximum atomic E-state index is 13.4. The van der Waals surface area contributed by atoms with Gasteiger partial charge in [-0.25, -0.2) is 14.8 Å². The second-order valence-electron chi connectivity index (χ2n) is 9.87. The molecule has 0 saturated carbocycles. The van der Waals surface area contributed by atoms with Crippen molar-refractivity contribution in [3.05, 3.63) is 50.2 Å². The first-order valence-electron chi connectivity index (χ1n) is 11.5. The van der Waals surface area contributed by atoms with E-state index in [1.54, 1.807) is 38.5 Å². The van der Waals surface area contributed by atoms with Gasteiger partial charge in [-0.15, -0.1) is 0 Å². The molecule has 188 valence electrons. The van der Waals surface area contributed by atoms with Gasteiger partial charge in [0.15, 0.2) is 0 Å². The summed E-state index contributed by atoms with van der Waals surface area (Å²) in [6.45, 7) is 11.1. The van der Waals surface area contributed by atoms with Gasteiger partial charge in [0.1, 0.15) is 17.3 Å². The number of rotatable bonds is 6. The van der Waals surface area contributed by atoms with E-state index in [-0.39, 0.29) is 17.1 Å². The fourth-order valence-corrected chi connectivity index (χ4v) is 3.94. The Morgan fingerprint density at radius 1 is 0.971 bits per heavy atom. The first kappa shape index (κ1) is 25.9. The molecule has 11 heteroatoms. The second-order valence-corrected chi connectivity index (χ2v) is 9.87. The molecule has 0 spiro atoms. The van der Waals surface area contributed by atoms with Crippen LogP contribution in [0.5, 0.6) is 0 Å². The lowest BCUT2D eigenvalue weighted by atomic mass is 9.95. The molecule has 1 saturated heterocycles. The Morgan fingerprint density at radius 2 is 1.59 bits per heavy atom. The van der Waals surface area contributed by atoms with Gasteiger partial charge in [0.05, 0.1) is 0 Å². The molecule has 0 amide bonds. The van der Waals surface area contributed by atoms with Crippen molar-refractivity contribution >= 4 is 5.82 Å². The van der Waals surface area contributed by atoms with Gasteiger partial charge in [-0.1, -0.05) is 20.8 Å². The number of unbranched alkanes of at least 4 members (excludes halogenated alkanes) is 1. The van der Waals surface area contributed by atoms with E-state index in [4.69, 9.17) is 0 Å². The predicted molar refractivity (Wildman–Crippen MR) is 124 cm³/mol. The van der Waals surface area contributed by atoms with Gasteiger partial charge in [0.25, 0.3) is 5.56 Å². The predicted octanol–water partition coefficient (Wildman–Crippen LogP) is 2.56. The Bertz CT molecular complexity index is 1090. The van der Waals surface area contributed by atoms with Crippen molar-refractivity contribution in [2.45, 2.75) is 58.7 Å². The third-order valence-electron chi connectivity index (χ3n) is 6.02. The van der Waals surface area contributed by atoms with Gasteiger partial charge in [0, 0.05) is 63.0 Å². The van der Waals surface area contributed by atoms with Crippen LogP contribution in [0.25, 0.3) is 0 Å². The van der Waals surface area contributed by atoms with Crippen LogP contribution in [0.2, 0.25) is 0 Å². The molecule has 0 bridgehead atoms. The van der Waals surface area contributed by atoms with Crippen molar-refractivity contribution in [3.8, 4) is 0 Å². The number of aromatic nitrogens is 4. The zero-order chi connectivity index (χ0) is 25.3. The minimum absolute atomic E-state index is 0.184. The first-order chi connectivity index (χ1) is 15.8. The summed E-state index contributed by atoms with van der Waals surface area (Å²) in [5.74, 6) is 0.500. The lowest BCUT2D eigenvalue weighted by Gasteiger charge is -2.36. The molecule has 0 aliphatic carbocycles. The molecule has 0 atom stereocenters. The van der Waals surface area contributed by atoms with E-state index in [1.807, 2.05) is 4.90 Å². The molecule has 0 N–H and O–H groups in total. The van der Waals surface area contributed by atoms with Gasteiger partial charge in [-0.05, 0) is 26.3 Å². The SMILES string of the molecule is Cc1cn(CCCCN2CCN(c3cc(C(F)(F)F)nc(C(C)(C)C)n3)CC2)c(=O)n(C)c1=O. The average Bonchev–Trinajstić information content (AvgIpc) is 2.77. The van der Waals surface area contributed by atoms with E-state index in [2.05, 4.69) is 14.9 Å². The summed E-state index contributed by atoms with van der Waals surface area (Å²) >= 11 is 0.